The smallest absolute Gasteiger partial charge is 0.338 e. The lowest BCUT2D eigenvalue weighted by atomic mass is 10.2. The molecule has 0 saturated heterocycles. The fourth-order valence-corrected chi connectivity index (χ4v) is 2.08. The van der Waals surface area contributed by atoms with Gasteiger partial charge in [-0.05, 0) is 19.1 Å². The molecule has 1 heterocycles. The third-order valence-corrected chi connectivity index (χ3v) is 3.01. The maximum atomic E-state index is 11.1. The molecular weight excluding hydrogens is 240 g/mol. The van der Waals surface area contributed by atoms with E-state index in [1.165, 1.54) is 0 Å². The van der Waals surface area contributed by atoms with E-state index in [0.717, 1.165) is 11.3 Å². The average molecular weight is 251 g/mol. The molecule has 0 aliphatic heterocycles. The van der Waals surface area contributed by atoms with Gasteiger partial charge in [-0.15, -0.1) is 11.3 Å². The summed E-state index contributed by atoms with van der Waals surface area (Å²) in [5.41, 5.74) is 0. The van der Waals surface area contributed by atoms with E-state index in [2.05, 4.69) is 4.74 Å². The molecule has 0 aromatic carbocycles. The average Bonchev–Trinajstić information content (AvgIpc) is 2.63. The summed E-state index contributed by atoms with van der Waals surface area (Å²) in [5, 5.41) is 19.0. The molecule has 1 aromatic heterocycles. The second-order valence-electron chi connectivity index (χ2n) is 2.78. The van der Waals surface area contributed by atoms with E-state index in [1.54, 1.807) is 19.1 Å². The number of ether oxygens (including phenoxy) is 1. The van der Waals surface area contributed by atoms with Gasteiger partial charge in [-0.1, -0.05) is 11.6 Å². The van der Waals surface area contributed by atoms with Gasteiger partial charge >= 0.3 is 5.97 Å². The topological polar surface area (TPSA) is 66.8 Å². The van der Waals surface area contributed by atoms with Crippen molar-refractivity contribution in [3.8, 4) is 0 Å². The van der Waals surface area contributed by atoms with Crippen molar-refractivity contribution < 1.29 is 19.7 Å². The summed E-state index contributed by atoms with van der Waals surface area (Å²) in [6.45, 7) is 1.78. The number of aliphatic hydroxyl groups is 2. The summed E-state index contributed by atoms with van der Waals surface area (Å²) in [5.74, 6) is -0.838. The molecule has 0 fully saturated rings. The highest BCUT2D eigenvalue weighted by Crippen LogP contribution is 2.28. The van der Waals surface area contributed by atoms with Crippen LogP contribution in [-0.4, -0.2) is 28.9 Å². The van der Waals surface area contributed by atoms with E-state index in [1.807, 2.05) is 0 Å². The lowest BCUT2D eigenvalue weighted by Crippen LogP contribution is -2.29. The Kier molecular flexibility index (Phi) is 4.53. The maximum absolute atomic E-state index is 11.1. The number of aliphatic hydroxyl groups excluding tert-OH is 2. The lowest BCUT2D eigenvalue weighted by Gasteiger charge is -2.14. The number of carbonyl (C=O) groups excluding carboxylic acids is 1. The Hall–Kier alpha value is -0.620. The van der Waals surface area contributed by atoms with Gasteiger partial charge in [0, 0.05) is 4.88 Å². The monoisotopic (exact) mass is 250 g/mol. The molecule has 1 aromatic rings. The molecule has 4 nitrogen and oxygen atoms in total. The minimum atomic E-state index is -1.57. The molecule has 0 spiro atoms. The summed E-state index contributed by atoms with van der Waals surface area (Å²) in [6, 6.07) is 3.14. The van der Waals surface area contributed by atoms with E-state index in [9.17, 15) is 15.0 Å². The number of esters is 1. The van der Waals surface area contributed by atoms with Gasteiger partial charge in [-0.2, -0.15) is 0 Å². The van der Waals surface area contributed by atoms with Crippen LogP contribution in [0, 0.1) is 0 Å². The Morgan fingerprint density at radius 1 is 1.60 bits per heavy atom. The van der Waals surface area contributed by atoms with Crippen molar-refractivity contribution in [3.63, 3.8) is 0 Å². The molecule has 2 atom stereocenters. The van der Waals surface area contributed by atoms with Crippen LogP contribution in [0.2, 0.25) is 4.34 Å². The van der Waals surface area contributed by atoms with Crippen LogP contribution in [-0.2, 0) is 9.53 Å². The van der Waals surface area contributed by atoms with E-state index < -0.39 is 18.2 Å². The highest BCUT2D eigenvalue weighted by molar-refractivity contribution is 7.16. The molecule has 0 aliphatic rings. The number of carbonyl (C=O) groups is 1. The van der Waals surface area contributed by atoms with Crippen molar-refractivity contribution in [2.45, 2.75) is 19.1 Å². The number of halogens is 1. The van der Waals surface area contributed by atoms with Gasteiger partial charge in [0.05, 0.1) is 10.9 Å². The molecule has 6 heteroatoms. The van der Waals surface area contributed by atoms with Crippen molar-refractivity contribution >= 4 is 28.9 Å². The lowest BCUT2D eigenvalue weighted by molar-refractivity contribution is -0.159. The number of hydrogen-bond donors (Lipinski definition) is 2. The van der Waals surface area contributed by atoms with Crippen LogP contribution in [0.3, 0.4) is 0 Å². The first-order valence-corrected chi connectivity index (χ1v) is 5.53. The Labute approximate surface area is 96.1 Å². The molecule has 15 heavy (non-hydrogen) atoms. The zero-order valence-electron chi connectivity index (χ0n) is 8.01. The fourth-order valence-electron chi connectivity index (χ4n) is 0.999. The molecule has 0 aliphatic carbocycles. The van der Waals surface area contributed by atoms with Crippen molar-refractivity contribution in [1.29, 1.82) is 0 Å². The van der Waals surface area contributed by atoms with Crippen LogP contribution in [0.25, 0.3) is 0 Å². The van der Waals surface area contributed by atoms with Gasteiger partial charge in [-0.25, -0.2) is 4.79 Å². The van der Waals surface area contributed by atoms with Crippen LogP contribution in [0.4, 0.5) is 0 Å². The minimum absolute atomic E-state index is 0.161. The van der Waals surface area contributed by atoms with Crippen LogP contribution < -0.4 is 0 Å². The molecule has 0 bridgehead atoms. The SMILES string of the molecule is CCOC(=O)[C@H](O)[C@H](O)c1ccc(Cl)s1. The Morgan fingerprint density at radius 3 is 2.73 bits per heavy atom. The van der Waals surface area contributed by atoms with Gasteiger partial charge in [0.25, 0.3) is 0 Å². The predicted molar refractivity (Wildman–Crippen MR) is 56.9 cm³/mol. The first kappa shape index (κ1) is 12.4. The highest BCUT2D eigenvalue weighted by Gasteiger charge is 2.27. The Balaban J connectivity index is 2.67. The van der Waals surface area contributed by atoms with E-state index >= 15 is 0 Å². The van der Waals surface area contributed by atoms with Crippen LogP contribution in [0.1, 0.15) is 17.9 Å². The van der Waals surface area contributed by atoms with Gasteiger partial charge in [0.2, 0.25) is 0 Å². The first-order valence-electron chi connectivity index (χ1n) is 4.34. The molecule has 2 N–H and O–H groups in total. The normalized spacial score (nSPS) is 14.7. The summed E-state index contributed by atoms with van der Waals surface area (Å²) in [4.78, 5) is 11.5. The van der Waals surface area contributed by atoms with E-state index in [-0.39, 0.29) is 6.61 Å². The summed E-state index contributed by atoms with van der Waals surface area (Å²) < 4.78 is 5.06. The quantitative estimate of drug-likeness (QED) is 0.792. The Morgan fingerprint density at radius 2 is 2.27 bits per heavy atom. The van der Waals surface area contributed by atoms with Crippen LogP contribution in [0.5, 0.6) is 0 Å². The predicted octanol–water partition coefficient (Wildman–Crippen LogP) is 1.36. The third kappa shape index (κ3) is 3.17. The van der Waals surface area contributed by atoms with Crippen molar-refractivity contribution in [2.24, 2.45) is 0 Å². The second-order valence-corrected chi connectivity index (χ2v) is 4.53. The highest BCUT2D eigenvalue weighted by atomic mass is 35.5. The van der Waals surface area contributed by atoms with Gasteiger partial charge < -0.3 is 14.9 Å². The number of rotatable bonds is 4. The molecular formula is C9H11ClO4S. The van der Waals surface area contributed by atoms with Gasteiger partial charge in [-0.3, -0.25) is 0 Å². The van der Waals surface area contributed by atoms with Gasteiger partial charge in [0.15, 0.2) is 6.10 Å². The van der Waals surface area contributed by atoms with Crippen molar-refractivity contribution in [1.82, 2.24) is 0 Å². The third-order valence-electron chi connectivity index (χ3n) is 1.71. The Bertz CT molecular complexity index is 339. The fraction of sp³-hybridized carbons (Fsp3) is 0.444. The molecule has 0 unspecified atom stereocenters. The minimum Gasteiger partial charge on any atom is -0.464 e. The summed E-state index contributed by atoms with van der Waals surface area (Å²) in [6.07, 6.45) is -2.86. The molecule has 0 radical (unpaired) electrons. The molecule has 0 saturated carbocycles. The standard InChI is InChI=1S/C9H11ClO4S/c1-2-14-9(13)8(12)7(11)5-3-4-6(10)15-5/h3-4,7-8,11-12H,2H2,1H3/t7-,8-/m1/s1. The van der Waals surface area contributed by atoms with Gasteiger partial charge in [0.1, 0.15) is 6.10 Å². The summed E-state index contributed by atoms with van der Waals surface area (Å²) in [7, 11) is 0. The molecule has 84 valence electrons. The largest absolute Gasteiger partial charge is 0.464 e. The van der Waals surface area contributed by atoms with Crippen molar-refractivity contribution in [2.75, 3.05) is 6.61 Å². The summed E-state index contributed by atoms with van der Waals surface area (Å²) >= 11 is 6.77. The first-order chi connectivity index (χ1) is 7.06. The second kappa shape index (κ2) is 5.46. The zero-order valence-corrected chi connectivity index (χ0v) is 9.59. The van der Waals surface area contributed by atoms with E-state index in [4.69, 9.17) is 11.6 Å². The molecule has 1 rings (SSSR count). The maximum Gasteiger partial charge on any atom is 0.338 e. The van der Waals surface area contributed by atoms with Crippen LogP contribution in [0.15, 0.2) is 12.1 Å². The van der Waals surface area contributed by atoms with Crippen molar-refractivity contribution in [3.05, 3.63) is 21.3 Å². The number of thiophene rings is 1. The van der Waals surface area contributed by atoms with Crippen LogP contribution >= 0.6 is 22.9 Å². The molecule has 0 amide bonds. The zero-order chi connectivity index (χ0) is 11.4. The number of hydrogen-bond acceptors (Lipinski definition) is 5. The van der Waals surface area contributed by atoms with E-state index in [0.29, 0.717) is 9.21 Å².